The third-order valence-corrected chi connectivity index (χ3v) is 5.37. The van der Waals surface area contributed by atoms with Crippen LogP contribution in [0.5, 0.6) is 17.2 Å². The molecule has 0 saturated heterocycles. The number of ether oxygens (including phenoxy) is 2. The summed E-state index contributed by atoms with van der Waals surface area (Å²) in [6.07, 6.45) is 3.24. The van der Waals surface area contributed by atoms with Crippen LogP contribution in [0.3, 0.4) is 0 Å². The maximum absolute atomic E-state index is 13.2. The number of para-hydroxylation sites is 2. The highest BCUT2D eigenvalue weighted by molar-refractivity contribution is 5.92. The van der Waals surface area contributed by atoms with E-state index in [1.54, 1.807) is 19.5 Å². The van der Waals surface area contributed by atoms with Crippen LogP contribution in [0.2, 0.25) is 0 Å². The van der Waals surface area contributed by atoms with Gasteiger partial charge in [-0.25, -0.2) is 5.43 Å². The summed E-state index contributed by atoms with van der Waals surface area (Å²) in [7, 11) is 1.63. The van der Waals surface area contributed by atoms with E-state index in [4.69, 9.17) is 9.47 Å². The predicted octanol–water partition coefficient (Wildman–Crippen LogP) is 4.47. The van der Waals surface area contributed by atoms with E-state index in [1.165, 1.54) is 0 Å². The van der Waals surface area contributed by atoms with Gasteiger partial charge in [-0.1, -0.05) is 36.4 Å². The second-order valence-electron chi connectivity index (χ2n) is 7.27. The summed E-state index contributed by atoms with van der Waals surface area (Å²) in [6.45, 7) is 0. The van der Waals surface area contributed by atoms with Gasteiger partial charge in [-0.15, -0.1) is 0 Å². The number of hydrogen-bond donors (Lipinski definition) is 2. The van der Waals surface area contributed by atoms with Crippen molar-refractivity contribution >= 4 is 12.1 Å². The van der Waals surface area contributed by atoms with Gasteiger partial charge in [0.15, 0.2) is 0 Å². The number of benzene rings is 3. The molecule has 0 spiro atoms. The van der Waals surface area contributed by atoms with Crippen LogP contribution >= 0.6 is 0 Å². The molecule has 4 aromatic rings. The van der Waals surface area contributed by atoms with E-state index in [2.05, 4.69) is 20.7 Å². The molecular formula is C25H20N4O3. The molecule has 0 fully saturated rings. The number of carbonyl (C=O) groups excluding carboxylic acids is 1. The van der Waals surface area contributed by atoms with Crippen molar-refractivity contribution in [2.24, 2.45) is 5.10 Å². The fraction of sp³-hybridized carbons (Fsp3) is 0.0800. The lowest BCUT2D eigenvalue weighted by molar-refractivity contribution is -0.121. The number of carbonyl (C=O) groups is 1. The fourth-order valence-electron chi connectivity index (χ4n) is 3.80. The molecule has 0 saturated carbocycles. The Labute approximate surface area is 184 Å². The molecule has 1 amide bonds. The van der Waals surface area contributed by atoms with Crippen LogP contribution in [0.4, 0.5) is 0 Å². The van der Waals surface area contributed by atoms with Gasteiger partial charge in [0, 0.05) is 22.3 Å². The molecule has 32 heavy (non-hydrogen) atoms. The minimum Gasteiger partial charge on any atom is -0.497 e. The molecule has 7 nitrogen and oxygen atoms in total. The van der Waals surface area contributed by atoms with Crippen LogP contribution in [0.1, 0.15) is 22.6 Å². The second-order valence-corrected chi connectivity index (χ2v) is 7.27. The molecule has 1 aromatic heterocycles. The zero-order chi connectivity index (χ0) is 21.9. The van der Waals surface area contributed by atoms with Gasteiger partial charge in [0.2, 0.25) is 0 Å². The minimum atomic E-state index is -0.515. The SMILES string of the molecule is COc1ccc(-c2[nH]ncc2C=NNC(=O)C2c3ccccc3Oc3ccccc32)cc1. The Hall–Kier alpha value is -4.39. The number of hydrogen-bond acceptors (Lipinski definition) is 5. The standard InChI is InChI=1S/C25H20N4O3/c1-31-18-12-10-16(11-13-18)24-17(14-26-28-24)15-27-29-25(30)23-19-6-2-4-8-21(19)32-22-9-5-3-7-20(22)23/h2-15,23H,1H3,(H,26,28)(H,29,30). The Balaban J connectivity index is 1.38. The van der Waals surface area contributed by atoms with Crippen molar-refractivity contribution < 1.29 is 14.3 Å². The number of rotatable bonds is 5. The summed E-state index contributed by atoms with van der Waals surface area (Å²) in [5.41, 5.74) is 6.78. The van der Waals surface area contributed by atoms with Gasteiger partial charge in [0.1, 0.15) is 17.2 Å². The number of fused-ring (bicyclic) bond motifs is 2. The highest BCUT2D eigenvalue weighted by Gasteiger charge is 2.32. The van der Waals surface area contributed by atoms with Crippen molar-refractivity contribution in [3.63, 3.8) is 0 Å². The van der Waals surface area contributed by atoms with Crippen LogP contribution in [-0.4, -0.2) is 29.4 Å². The first-order valence-electron chi connectivity index (χ1n) is 10.1. The quantitative estimate of drug-likeness (QED) is 0.365. The molecule has 1 aliphatic heterocycles. The molecule has 5 rings (SSSR count). The van der Waals surface area contributed by atoms with E-state index in [1.807, 2.05) is 72.8 Å². The lowest BCUT2D eigenvalue weighted by atomic mass is 9.87. The molecule has 0 aliphatic carbocycles. The van der Waals surface area contributed by atoms with E-state index in [0.717, 1.165) is 33.7 Å². The van der Waals surface area contributed by atoms with Gasteiger partial charge >= 0.3 is 0 Å². The van der Waals surface area contributed by atoms with E-state index in [9.17, 15) is 4.79 Å². The average Bonchev–Trinajstić information content (AvgIpc) is 3.31. The molecule has 0 atom stereocenters. The smallest absolute Gasteiger partial charge is 0.252 e. The molecule has 158 valence electrons. The van der Waals surface area contributed by atoms with Gasteiger partial charge < -0.3 is 9.47 Å². The summed E-state index contributed by atoms with van der Waals surface area (Å²) in [4.78, 5) is 13.2. The van der Waals surface area contributed by atoms with Gasteiger partial charge in [0.05, 0.1) is 31.1 Å². The first kappa shape index (κ1) is 19.6. The highest BCUT2D eigenvalue weighted by atomic mass is 16.5. The van der Waals surface area contributed by atoms with Gasteiger partial charge in [-0.2, -0.15) is 10.2 Å². The van der Waals surface area contributed by atoms with Crippen molar-refractivity contribution in [1.82, 2.24) is 15.6 Å². The lowest BCUT2D eigenvalue weighted by Gasteiger charge is -2.26. The minimum absolute atomic E-state index is 0.237. The van der Waals surface area contributed by atoms with Gasteiger partial charge in [-0.05, 0) is 36.4 Å². The monoisotopic (exact) mass is 424 g/mol. The topological polar surface area (TPSA) is 88.6 Å². The average molecular weight is 424 g/mol. The van der Waals surface area contributed by atoms with E-state index in [0.29, 0.717) is 11.5 Å². The Bertz CT molecular complexity index is 1250. The largest absolute Gasteiger partial charge is 0.497 e. The van der Waals surface area contributed by atoms with Crippen molar-refractivity contribution in [3.05, 3.63) is 95.7 Å². The second kappa shape index (κ2) is 8.39. The summed E-state index contributed by atoms with van der Waals surface area (Å²) in [6, 6.07) is 22.7. The highest BCUT2D eigenvalue weighted by Crippen LogP contribution is 2.43. The zero-order valence-corrected chi connectivity index (χ0v) is 17.3. The van der Waals surface area contributed by atoms with E-state index in [-0.39, 0.29) is 5.91 Å². The third-order valence-electron chi connectivity index (χ3n) is 5.37. The number of H-pyrrole nitrogens is 1. The first-order chi connectivity index (χ1) is 15.7. The lowest BCUT2D eigenvalue weighted by Crippen LogP contribution is -2.28. The van der Waals surface area contributed by atoms with Crippen LogP contribution in [0, 0.1) is 0 Å². The summed E-state index contributed by atoms with van der Waals surface area (Å²) in [5.74, 6) is 1.37. The molecule has 1 aliphatic rings. The number of hydrazone groups is 1. The Morgan fingerprint density at radius 1 is 1.03 bits per heavy atom. The van der Waals surface area contributed by atoms with Crippen molar-refractivity contribution in [2.45, 2.75) is 5.92 Å². The van der Waals surface area contributed by atoms with Gasteiger partial charge in [-0.3, -0.25) is 9.89 Å². The van der Waals surface area contributed by atoms with Crippen molar-refractivity contribution in [3.8, 4) is 28.5 Å². The third kappa shape index (κ3) is 3.60. The molecule has 2 heterocycles. The van der Waals surface area contributed by atoms with Crippen LogP contribution < -0.4 is 14.9 Å². The van der Waals surface area contributed by atoms with E-state index < -0.39 is 5.92 Å². The van der Waals surface area contributed by atoms with Crippen LogP contribution in [0.25, 0.3) is 11.3 Å². The fourth-order valence-corrected chi connectivity index (χ4v) is 3.80. The Kier molecular flexibility index (Phi) is 5.13. The number of amides is 1. The first-order valence-corrected chi connectivity index (χ1v) is 10.1. The number of aromatic nitrogens is 2. The Morgan fingerprint density at radius 3 is 2.34 bits per heavy atom. The number of methoxy groups -OCH3 is 1. The van der Waals surface area contributed by atoms with E-state index >= 15 is 0 Å². The normalized spacial score (nSPS) is 12.7. The van der Waals surface area contributed by atoms with Crippen molar-refractivity contribution in [2.75, 3.05) is 7.11 Å². The summed E-state index contributed by atoms with van der Waals surface area (Å²) in [5, 5.41) is 11.3. The summed E-state index contributed by atoms with van der Waals surface area (Å²) >= 11 is 0. The molecule has 0 bridgehead atoms. The van der Waals surface area contributed by atoms with Crippen LogP contribution in [-0.2, 0) is 4.79 Å². The number of aromatic amines is 1. The molecular weight excluding hydrogens is 404 g/mol. The number of nitrogens with one attached hydrogen (secondary N) is 2. The summed E-state index contributed by atoms with van der Waals surface area (Å²) < 4.78 is 11.2. The van der Waals surface area contributed by atoms with Gasteiger partial charge in [0.25, 0.3) is 5.91 Å². The number of nitrogens with zero attached hydrogens (tertiary/aromatic N) is 2. The molecule has 7 heteroatoms. The maximum Gasteiger partial charge on any atom is 0.252 e. The molecule has 0 unspecified atom stereocenters. The molecule has 2 N–H and O–H groups in total. The Morgan fingerprint density at radius 2 is 1.69 bits per heavy atom. The molecule has 3 aromatic carbocycles. The van der Waals surface area contributed by atoms with Crippen LogP contribution in [0.15, 0.2) is 84.1 Å². The molecule has 0 radical (unpaired) electrons. The predicted molar refractivity (Wildman–Crippen MR) is 121 cm³/mol. The van der Waals surface area contributed by atoms with Crippen molar-refractivity contribution in [1.29, 1.82) is 0 Å². The maximum atomic E-state index is 13.2. The zero-order valence-electron chi connectivity index (χ0n) is 17.3.